The number of hydrogen-bond acceptors (Lipinski definition) is 10. The van der Waals surface area contributed by atoms with Crippen molar-refractivity contribution in [3.63, 3.8) is 0 Å². The normalized spacial score (nSPS) is 19.5. The van der Waals surface area contributed by atoms with Crippen molar-refractivity contribution >= 4 is 29.8 Å². The Kier molecular flexibility index (Phi) is 9.79. The lowest BCUT2D eigenvalue weighted by Crippen LogP contribution is -2.36. The third-order valence-corrected chi connectivity index (χ3v) is 5.57. The first-order valence-electron chi connectivity index (χ1n) is 11.5. The highest BCUT2D eigenvalue weighted by atomic mass is 16.6. The van der Waals surface area contributed by atoms with Crippen LogP contribution in [0.3, 0.4) is 0 Å². The van der Waals surface area contributed by atoms with E-state index >= 15 is 0 Å². The van der Waals surface area contributed by atoms with Gasteiger partial charge in [0.2, 0.25) is 5.75 Å². The van der Waals surface area contributed by atoms with Crippen molar-refractivity contribution in [1.29, 1.82) is 0 Å². The van der Waals surface area contributed by atoms with Gasteiger partial charge < -0.3 is 23.7 Å². The van der Waals surface area contributed by atoms with E-state index in [-0.39, 0.29) is 34.8 Å². The maximum atomic E-state index is 12.7. The minimum atomic E-state index is -0.962. The molecule has 10 nitrogen and oxygen atoms in total. The van der Waals surface area contributed by atoms with Crippen molar-refractivity contribution in [2.45, 2.75) is 66.9 Å². The van der Waals surface area contributed by atoms with E-state index in [1.54, 1.807) is 0 Å². The van der Waals surface area contributed by atoms with Crippen LogP contribution in [0.25, 0.3) is 0 Å². The molecule has 0 spiro atoms. The molecule has 0 N–H and O–H groups in total. The summed E-state index contributed by atoms with van der Waals surface area (Å²) in [4.78, 5) is 59.6. The molecule has 1 aliphatic carbocycles. The van der Waals surface area contributed by atoms with Gasteiger partial charge in [0.15, 0.2) is 18.1 Å². The molecule has 10 heteroatoms. The Labute approximate surface area is 204 Å². The topological polar surface area (TPSA) is 132 Å². The van der Waals surface area contributed by atoms with Crippen LogP contribution in [0.2, 0.25) is 0 Å². The van der Waals surface area contributed by atoms with Crippen molar-refractivity contribution in [3.05, 3.63) is 17.7 Å². The fraction of sp³-hybridized carbons (Fsp3) is 0.560. The third-order valence-electron chi connectivity index (χ3n) is 5.57. The third kappa shape index (κ3) is 8.38. The van der Waals surface area contributed by atoms with Gasteiger partial charge in [-0.1, -0.05) is 27.2 Å². The molecule has 0 radical (unpaired) electrons. The molecule has 192 valence electrons. The lowest BCUT2D eigenvalue weighted by Gasteiger charge is -2.36. The summed E-state index contributed by atoms with van der Waals surface area (Å²) in [7, 11) is 0. The monoisotopic (exact) mass is 492 g/mol. The Morgan fingerprint density at radius 1 is 0.886 bits per heavy atom. The summed E-state index contributed by atoms with van der Waals surface area (Å²) >= 11 is 0. The molecule has 2 rings (SSSR count). The molecule has 0 aromatic heterocycles. The zero-order valence-corrected chi connectivity index (χ0v) is 20.9. The zero-order chi connectivity index (χ0) is 26.3. The van der Waals surface area contributed by atoms with Gasteiger partial charge >= 0.3 is 29.8 Å². The molecular weight excluding hydrogens is 460 g/mol. The van der Waals surface area contributed by atoms with Gasteiger partial charge in [0.25, 0.3) is 0 Å². The Bertz CT molecular complexity index is 943. The van der Waals surface area contributed by atoms with E-state index in [0.717, 1.165) is 52.2 Å². The number of benzene rings is 1. The Morgan fingerprint density at radius 3 is 1.91 bits per heavy atom. The van der Waals surface area contributed by atoms with E-state index in [9.17, 15) is 24.0 Å². The van der Waals surface area contributed by atoms with E-state index in [0.29, 0.717) is 11.8 Å². The number of carbonyl (C=O) groups is 5. The van der Waals surface area contributed by atoms with Crippen LogP contribution >= 0.6 is 0 Å². The number of esters is 5. The first-order valence-corrected chi connectivity index (χ1v) is 11.5. The van der Waals surface area contributed by atoms with Gasteiger partial charge in [-0.3, -0.25) is 14.4 Å². The second-order valence-corrected chi connectivity index (χ2v) is 9.01. The molecule has 1 fully saturated rings. The molecule has 1 saturated carbocycles. The minimum Gasteiger partial charge on any atom is -0.460 e. The van der Waals surface area contributed by atoms with Crippen LogP contribution < -0.4 is 14.2 Å². The maximum Gasteiger partial charge on any atom is 0.344 e. The number of carbonyl (C=O) groups excluding carboxylic acids is 5. The van der Waals surface area contributed by atoms with E-state index in [4.69, 9.17) is 23.7 Å². The first kappa shape index (κ1) is 27.8. The highest BCUT2D eigenvalue weighted by Crippen LogP contribution is 2.40. The first-order chi connectivity index (χ1) is 16.4. The molecule has 0 heterocycles. The maximum absolute atomic E-state index is 12.7. The molecular formula is C25H32O10. The van der Waals surface area contributed by atoms with E-state index < -0.39 is 36.5 Å². The number of rotatable bonds is 8. The second kappa shape index (κ2) is 12.3. The van der Waals surface area contributed by atoms with Crippen LogP contribution in [0.15, 0.2) is 12.1 Å². The van der Waals surface area contributed by atoms with E-state index in [1.165, 1.54) is 0 Å². The minimum absolute atomic E-state index is 0.201. The quantitative estimate of drug-likeness (QED) is 0.391. The molecule has 0 aliphatic heterocycles. The van der Waals surface area contributed by atoms with Crippen molar-refractivity contribution in [2.24, 2.45) is 17.8 Å². The average Bonchev–Trinajstić information content (AvgIpc) is 2.72. The predicted octanol–water partition coefficient (Wildman–Crippen LogP) is 3.62. The summed E-state index contributed by atoms with van der Waals surface area (Å²) < 4.78 is 25.8. The summed E-state index contributed by atoms with van der Waals surface area (Å²) in [5.41, 5.74) is -0.201. The van der Waals surface area contributed by atoms with Crippen LogP contribution in [0, 0.1) is 17.8 Å². The van der Waals surface area contributed by atoms with Crippen molar-refractivity contribution < 1.29 is 47.7 Å². The van der Waals surface area contributed by atoms with Gasteiger partial charge in [0, 0.05) is 20.8 Å². The van der Waals surface area contributed by atoms with Crippen LogP contribution in [0.1, 0.15) is 71.2 Å². The largest absolute Gasteiger partial charge is 0.460 e. The van der Waals surface area contributed by atoms with Crippen molar-refractivity contribution in [1.82, 2.24) is 0 Å². The zero-order valence-electron chi connectivity index (χ0n) is 20.9. The van der Waals surface area contributed by atoms with Gasteiger partial charge in [-0.25, -0.2) is 9.59 Å². The van der Waals surface area contributed by atoms with Gasteiger partial charge in [0.1, 0.15) is 6.10 Å². The van der Waals surface area contributed by atoms with Crippen molar-refractivity contribution in [3.8, 4) is 17.2 Å². The van der Waals surface area contributed by atoms with Gasteiger partial charge in [-0.15, -0.1) is 0 Å². The van der Waals surface area contributed by atoms with E-state index in [1.807, 2.05) is 0 Å². The fourth-order valence-corrected chi connectivity index (χ4v) is 4.06. The van der Waals surface area contributed by atoms with Crippen LogP contribution in [0.4, 0.5) is 0 Å². The summed E-state index contributed by atoms with van der Waals surface area (Å²) in [6.07, 6.45) is 2.53. The second-order valence-electron chi connectivity index (χ2n) is 9.01. The van der Waals surface area contributed by atoms with E-state index in [2.05, 4.69) is 20.8 Å². The highest BCUT2D eigenvalue weighted by Gasteiger charge is 2.33. The average molecular weight is 493 g/mol. The van der Waals surface area contributed by atoms with Gasteiger partial charge in [0.05, 0.1) is 5.56 Å². The molecule has 1 aliphatic rings. The molecule has 1 aromatic carbocycles. The molecule has 0 amide bonds. The van der Waals surface area contributed by atoms with Crippen LogP contribution in [-0.2, 0) is 28.7 Å². The van der Waals surface area contributed by atoms with Crippen molar-refractivity contribution in [2.75, 3.05) is 6.61 Å². The lowest BCUT2D eigenvalue weighted by atomic mass is 9.75. The fourth-order valence-electron chi connectivity index (χ4n) is 4.06. The Hall–Kier alpha value is -3.43. The molecule has 35 heavy (non-hydrogen) atoms. The van der Waals surface area contributed by atoms with Crippen LogP contribution in [0.5, 0.6) is 17.2 Å². The Balaban J connectivity index is 2.19. The summed E-state index contributed by atoms with van der Waals surface area (Å²) in [6, 6.07) is 2.16. The molecule has 0 bridgehead atoms. The standard InChI is InChI=1S/C25H32O10/c1-13(2)19-8-7-14(3)9-20(19)35-23(29)12-31-25(30)18-10-21(32-15(4)26)24(34-17(6)28)22(11-18)33-16(5)27/h10-11,13-14,19-20H,7-9,12H2,1-6H3/t14-,19-,20+/m0/s1. The van der Waals surface area contributed by atoms with Gasteiger partial charge in [-0.2, -0.15) is 0 Å². The summed E-state index contributed by atoms with van der Waals surface area (Å²) in [6.45, 7) is 8.94. The van der Waals surface area contributed by atoms with Gasteiger partial charge in [-0.05, 0) is 42.7 Å². The van der Waals surface area contributed by atoms with Crippen LogP contribution in [-0.4, -0.2) is 42.6 Å². The SMILES string of the molecule is CC(=O)Oc1cc(C(=O)OCC(=O)O[C@@H]2C[C@@H](C)CC[C@H]2C(C)C)cc(OC(C)=O)c1OC(C)=O. The molecule has 0 unspecified atom stereocenters. The number of hydrogen-bond donors (Lipinski definition) is 0. The predicted molar refractivity (Wildman–Crippen MR) is 122 cm³/mol. The lowest BCUT2D eigenvalue weighted by molar-refractivity contribution is -0.159. The summed E-state index contributed by atoms with van der Waals surface area (Å²) in [5.74, 6) is -3.99. The highest BCUT2D eigenvalue weighted by molar-refractivity contribution is 5.93. The molecule has 1 aromatic rings. The molecule has 0 saturated heterocycles. The smallest absolute Gasteiger partial charge is 0.344 e. The summed E-state index contributed by atoms with van der Waals surface area (Å²) in [5, 5.41) is 0. The Morgan fingerprint density at radius 2 is 1.43 bits per heavy atom. The molecule has 3 atom stereocenters. The number of ether oxygens (including phenoxy) is 5.